The first-order valence-electron chi connectivity index (χ1n) is 6.66. The van der Waals surface area contributed by atoms with Gasteiger partial charge in [-0.25, -0.2) is 0 Å². The standard InChI is InChI=1S/C16H17N3O2/c1-10-15(5-4-8-17-10)16(21)18-9-13-6-7-14(12(3)20)11(2)19-13/h4-8H,9H2,1-3H3,(H,18,21). The molecule has 0 unspecified atom stereocenters. The van der Waals surface area contributed by atoms with E-state index in [0.29, 0.717) is 34.8 Å². The molecule has 108 valence electrons. The highest BCUT2D eigenvalue weighted by atomic mass is 16.1. The fourth-order valence-corrected chi connectivity index (χ4v) is 2.07. The van der Waals surface area contributed by atoms with Crippen molar-refractivity contribution >= 4 is 11.7 Å². The lowest BCUT2D eigenvalue weighted by atomic mass is 10.1. The van der Waals surface area contributed by atoms with Gasteiger partial charge >= 0.3 is 0 Å². The number of Topliss-reactive ketones (excluding diaryl/α,β-unsaturated/α-hetero) is 1. The maximum atomic E-state index is 12.1. The summed E-state index contributed by atoms with van der Waals surface area (Å²) in [5, 5.41) is 2.81. The number of hydrogen-bond donors (Lipinski definition) is 1. The van der Waals surface area contributed by atoms with Crippen molar-refractivity contribution in [1.29, 1.82) is 0 Å². The number of aromatic nitrogens is 2. The zero-order valence-corrected chi connectivity index (χ0v) is 12.3. The van der Waals surface area contributed by atoms with Crippen LogP contribution in [-0.2, 0) is 6.54 Å². The van der Waals surface area contributed by atoms with E-state index in [4.69, 9.17) is 0 Å². The number of hydrogen-bond acceptors (Lipinski definition) is 4. The Morgan fingerprint density at radius 2 is 1.86 bits per heavy atom. The Balaban J connectivity index is 2.07. The molecule has 5 nitrogen and oxygen atoms in total. The number of nitrogens with zero attached hydrogens (tertiary/aromatic N) is 2. The Bertz CT molecular complexity index is 696. The minimum Gasteiger partial charge on any atom is -0.346 e. The van der Waals surface area contributed by atoms with Gasteiger partial charge in [-0.15, -0.1) is 0 Å². The second-order valence-electron chi connectivity index (χ2n) is 4.81. The summed E-state index contributed by atoms with van der Waals surface area (Å²) in [6.45, 7) is 5.40. The second kappa shape index (κ2) is 6.26. The number of carbonyl (C=O) groups is 2. The van der Waals surface area contributed by atoms with Crippen molar-refractivity contribution in [3.8, 4) is 0 Å². The summed E-state index contributed by atoms with van der Waals surface area (Å²) in [7, 11) is 0. The first kappa shape index (κ1) is 14.8. The monoisotopic (exact) mass is 283 g/mol. The third kappa shape index (κ3) is 3.51. The SMILES string of the molecule is CC(=O)c1ccc(CNC(=O)c2cccnc2C)nc1C. The van der Waals surface area contributed by atoms with E-state index in [1.165, 1.54) is 6.92 Å². The van der Waals surface area contributed by atoms with E-state index >= 15 is 0 Å². The molecule has 2 aromatic rings. The number of aryl methyl sites for hydroxylation is 2. The van der Waals surface area contributed by atoms with Crippen LogP contribution in [0, 0.1) is 13.8 Å². The number of nitrogens with one attached hydrogen (secondary N) is 1. The lowest BCUT2D eigenvalue weighted by Crippen LogP contribution is -2.24. The van der Waals surface area contributed by atoms with Crippen molar-refractivity contribution in [1.82, 2.24) is 15.3 Å². The third-order valence-electron chi connectivity index (χ3n) is 3.20. The van der Waals surface area contributed by atoms with Gasteiger partial charge < -0.3 is 5.32 Å². The van der Waals surface area contributed by atoms with Gasteiger partial charge in [-0.05, 0) is 45.0 Å². The number of pyridine rings is 2. The number of carbonyl (C=O) groups excluding carboxylic acids is 2. The lowest BCUT2D eigenvalue weighted by molar-refractivity contribution is 0.0948. The van der Waals surface area contributed by atoms with Crippen LogP contribution in [0.1, 0.15) is 44.7 Å². The average Bonchev–Trinajstić information content (AvgIpc) is 2.45. The first-order chi connectivity index (χ1) is 9.99. The van der Waals surface area contributed by atoms with Crippen molar-refractivity contribution in [3.63, 3.8) is 0 Å². The highest BCUT2D eigenvalue weighted by molar-refractivity contribution is 5.95. The minimum atomic E-state index is -0.185. The van der Waals surface area contributed by atoms with Gasteiger partial charge in [-0.1, -0.05) is 0 Å². The van der Waals surface area contributed by atoms with Crippen molar-refractivity contribution in [2.45, 2.75) is 27.3 Å². The Hall–Kier alpha value is -2.56. The minimum absolute atomic E-state index is 0.0124. The van der Waals surface area contributed by atoms with Gasteiger partial charge in [0.05, 0.1) is 17.8 Å². The van der Waals surface area contributed by atoms with Gasteiger partial charge in [0, 0.05) is 23.1 Å². The van der Waals surface area contributed by atoms with Gasteiger partial charge in [-0.3, -0.25) is 19.6 Å². The molecule has 0 aliphatic heterocycles. The van der Waals surface area contributed by atoms with E-state index in [1.54, 1.807) is 44.3 Å². The van der Waals surface area contributed by atoms with Crippen LogP contribution in [0.4, 0.5) is 0 Å². The summed E-state index contributed by atoms with van der Waals surface area (Å²) >= 11 is 0. The third-order valence-corrected chi connectivity index (χ3v) is 3.20. The molecule has 2 heterocycles. The molecular weight excluding hydrogens is 266 g/mol. The normalized spacial score (nSPS) is 10.2. The maximum absolute atomic E-state index is 12.1. The predicted molar refractivity (Wildman–Crippen MR) is 79.1 cm³/mol. The molecule has 0 aliphatic carbocycles. The highest BCUT2D eigenvalue weighted by Crippen LogP contribution is 2.08. The molecule has 21 heavy (non-hydrogen) atoms. The van der Waals surface area contributed by atoms with Crippen LogP contribution in [-0.4, -0.2) is 21.7 Å². The predicted octanol–water partition coefficient (Wildman–Crippen LogP) is 2.23. The molecule has 1 amide bonds. The zero-order valence-electron chi connectivity index (χ0n) is 12.3. The second-order valence-corrected chi connectivity index (χ2v) is 4.81. The largest absolute Gasteiger partial charge is 0.346 e. The van der Waals surface area contributed by atoms with Crippen molar-refractivity contribution in [2.75, 3.05) is 0 Å². The molecule has 0 aromatic carbocycles. The summed E-state index contributed by atoms with van der Waals surface area (Å²) in [4.78, 5) is 31.8. The quantitative estimate of drug-likeness (QED) is 0.873. The Morgan fingerprint density at radius 3 is 2.48 bits per heavy atom. The summed E-state index contributed by atoms with van der Waals surface area (Å²) < 4.78 is 0. The Labute approximate surface area is 123 Å². The number of ketones is 1. The molecular formula is C16H17N3O2. The van der Waals surface area contributed by atoms with Gasteiger partial charge in [0.2, 0.25) is 0 Å². The Kier molecular flexibility index (Phi) is 4.42. The molecule has 2 rings (SSSR count). The van der Waals surface area contributed by atoms with Crippen molar-refractivity contribution < 1.29 is 9.59 Å². The van der Waals surface area contributed by atoms with Crippen molar-refractivity contribution in [2.24, 2.45) is 0 Å². The molecule has 0 saturated carbocycles. The molecule has 1 N–H and O–H groups in total. The summed E-state index contributed by atoms with van der Waals surface area (Å²) in [6.07, 6.45) is 1.65. The van der Waals surface area contributed by atoms with E-state index in [9.17, 15) is 9.59 Å². The maximum Gasteiger partial charge on any atom is 0.253 e. The van der Waals surface area contributed by atoms with Crippen LogP contribution in [0.3, 0.4) is 0 Å². The van der Waals surface area contributed by atoms with Crippen LogP contribution in [0.25, 0.3) is 0 Å². The van der Waals surface area contributed by atoms with Crippen LogP contribution >= 0.6 is 0 Å². The molecule has 0 fully saturated rings. The van der Waals surface area contributed by atoms with E-state index in [1.807, 2.05) is 0 Å². The smallest absolute Gasteiger partial charge is 0.253 e. The van der Waals surface area contributed by atoms with Crippen LogP contribution in [0.5, 0.6) is 0 Å². The molecule has 5 heteroatoms. The summed E-state index contributed by atoms with van der Waals surface area (Å²) in [5.74, 6) is -0.197. The average molecular weight is 283 g/mol. The molecule has 0 radical (unpaired) electrons. The van der Waals surface area contributed by atoms with E-state index in [2.05, 4.69) is 15.3 Å². The highest BCUT2D eigenvalue weighted by Gasteiger charge is 2.10. The van der Waals surface area contributed by atoms with Crippen LogP contribution < -0.4 is 5.32 Å². The lowest BCUT2D eigenvalue weighted by Gasteiger charge is -2.08. The molecule has 0 bridgehead atoms. The van der Waals surface area contributed by atoms with Crippen molar-refractivity contribution in [3.05, 3.63) is 58.7 Å². The number of amides is 1. The van der Waals surface area contributed by atoms with E-state index in [-0.39, 0.29) is 11.7 Å². The zero-order chi connectivity index (χ0) is 15.4. The molecule has 0 atom stereocenters. The fourth-order valence-electron chi connectivity index (χ4n) is 2.07. The number of rotatable bonds is 4. The first-order valence-corrected chi connectivity index (χ1v) is 6.66. The van der Waals surface area contributed by atoms with Crippen LogP contribution in [0.15, 0.2) is 30.5 Å². The fraction of sp³-hybridized carbons (Fsp3) is 0.250. The summed E-state index contributed by atoms with van der Waals surface area (Å²) in [6, 6.07) is 6.95. The summed E-state index contributed by atoms with van der Waals surface area (Å²) in [5.41, 5.74) is 3.23. The topological polar surface area (TPSA) is 72.0 Å². The van der Waals surface area contributed by atoms with E-state index < -0.39 is 0 Å². The van der Waals surface area contributed by atoms with Gasteiger partial charge in [0.25, 0.3) is 5.91 Å². The van der Waals surface area contributed by atoms with Crippen LogP contribution in [0.2, 0.25) is 0 Å². The molecule has 2 aromatic heterocycles. The van der Waals surface area contributed by atoms with E-state index in [0.717, 1.165) is 0 Å². The molecule has 0 saturated heterocycles. The van der Waals surface area contributed by atoms with Gasteiger partial charge in [0.1, 0.15) is 0 Å². The molecule has 0 aliphatic rings. The Morgan fingerprint density at radius 1 is 1.10 bits per heavy atom. The molecule has 0 spiro atoms. The van der Waals surface area contributed by atoms with Gasteiger partial charge in [0.15, 0.2) is 5.78 Å². The van der Waals surface area contributed by atoms with Gasteiger partial charge in [-0.2, -0.15) is 0 Å².